The fourth-order valence-corrected chi connectivity index (χ4v) is 2.36. The van der Waals surface area contributed by atoms with Gasteiger partial charge in [-0.1, -0.05) is 6.08 Å². The highest BCUT2D eigenvalue weighted by Gasteiger charge is 2.45. The van der Waals surface area contributed by atoms with Crippen molar-refractivity contribution < 1.29 is 19.2 Å². The van der Waals surface area contributed by atoms with Gasteiger partial charge in [0.15, 0.2) is 0 Å². The van der Waals surface area contributed by atoms with Gasteiger partial charge >= 0.3 is 0 Å². The summed E-state index contributed by atoms with van der Waals surface area (Å²) in [5, 5.41) is 2.13. The lowest BCUT2D eigenvalue weighted by molar-refractivity contribution is -0.150. The first kappa shape index (κ1) is 14.0. The molecule has 0 bridgehead atoms. The SMILES string of the molecule is C/C=C(/N)C1=C(C)C(=O)N(C2CCC(=O)NC2=O)C1=O. The van der Waals surface area contributed by atoms with Crippen LogP contribution in [0.15, 0.2) is 22.9 Å². The molecule has 3 N–H and O–H groups in total. The number of imide groups is 2. The maximum atomic E-state index is 12.3. The number of nitrogens with zero attached hydrogens (tertiary/aromatic N) is 1. The summed E-state index contributed by atoms with van der Waals surface area (Å²) in [5.41, 5.74) is 6.27. The molecule has 1 atom stereocenters. The molecule has 0 aliphatic carbocycles. The van der Waals surface area contributed by atoms with Crippen molar-refractivity contribution in [2.24, 2.45) is 5.73 Å². The molecular weight excluding hydrogens is 262 g/mol. The summed E-state index contributed by atoms with van der Waals surface area (Å²) >= 11 is 0. The summed E-state index contributed by atoms with van der Waals surface area (Å²) < 4.78 is 0. The van der Waals surface area contributed by atoms with Crippen LogP contribution in [0.3, 0.4) is 0 Å². The Morgan fingerprint density at radius 3 is 2.50 bits per heavy atom. The summed E-state index contributed by atoms with van der Waals surface area (Å²) in [4.78, 5) is 48.3. The lowest BCUT2D eigenvalue weighted by Crippen LogP contribution is -2.54. The van der Waals surface area contributed by atoms with Crippen LogP contribution in [0.2, 0.25) is 0 Å². The van der Waals surface area contributed by atoms with E-state index in [-0.39, 0.29) is 29.7 Å². The summed E-state index contributed by atoms with van der Waals surface area (Å²) in [5.74, 6) is -2.15. The Morgan fingerprint density at radius 2 is 1.95 bits per heavy atom. The number of hydrogen-bond acceptors (Lipinski definition) is 5. The number of carbonyl (C=O) groups excluding carboxylic acids is 4. The van der Waals surface area contributed by atoms with Crippen LogP contribution < -0.4 is 11.1 Å². The topological polar surface area (TPSA) is 110 Å². The first-order valence-electron chi connectivity index (χ1n) is 6.23. The highest BCUT2D eigenvalue weighted by Crippen LogP contribution is 2.28. The van der Waals surface area contributed by atoms with Crippen molar-refractivity contribution >= 4 is 23.6 Å². The molecule has 7 nitrogen and oxygen atoms in total. The van der Waals surface area contributed by atoms with Crippen LogP contribution in [0.4, 0.5) is 0 Å². The zero-order valence-electron chi connectivity index (χ0n) is 11.2. The second-order valence-corrected chi connectivity index (χ2v) is 4.69. The third-order valence-electron chi connectivity index (χ3n) is 3.47. The van der Waals surface area contributed by atoms with Crippen LogP contribution in [0.25, 0.3) is 0 Å². The van der Waals surface area contributed by atoms with Crippen molar-refractivity contribution in [2.75, 3.05) is 0 Å². The van der Waals surface area contributed by atoms with E-state index < -0.39 is 29.7 Å². The predicted molar refractivity (Wildman–Crippen MR) is 68.7 cm³/mol. The molecule has 20 heavy (non-hydrogen) atoms. The van der Waals surface area contributed by atoms with E-state index in [0.717, 1.165) is 4.90 Å². The molecule has 0 aromatic heterocycles. The van der Waals surface area contributed by atoms with E-state index in [1.165, 1.54) is 13.0 Å². The fourth-order valence-electron chi connectivity index (χ4n) is 2.36. The Kier molecular flexibility index (Phi) is 3.44. The number of allylic oxidation sites excluding steroid dienone is 1. The van der Waals surface area contributed by atoms with Crippen LogP contribution in [0.5, 0.6) is 0 Å². The molecule has 1 saturated heterocycles. The number of rotatable bonds is 2. The molecule has 7 heteroatoms. The van der Waals surface area contributed by atoms with Gasteiger partial charge < -0.3 is 5.73 Å². The molecule has 2 heterocycles. The molecule has 1 unspecified atom stereocenters. The van der Waals surface area contributed by atoms with Gasteiger partial charge in [-0.2, -0.15) is 0 Å². The van der Waals surface area contributed by atoms with Gasteiger partial charge in [0.05, 0.1) is 5.57 Å². The number of carbonyl (C=O) groups is 4. The zero-order chi connectivity index (χ0) is 15.0. The molecule has 0 aromatic rings. The monoisotopic (exact) mass is 277 g/mol. The maximum absolute atomic E-state index is 12.3. The van der Waals surface area contributed by atoms with Crippen molar-refractivity contribution in [3.8, 4) is 0 Å². The number of nitrogens with one attached hydrogen (secondary N) is 1. The van der Waals surface area contributed by atoms with Crippen molar-refractivity contribution in [1.29, 1.82) is 0 Å². The minimum Gasteiger partial charge on any atom is -0.398 e. The Morgan fingerprint density at radius 1 is 1.30 bits per heavy atom. The van der Waals surface area contributed by atoms with Gasteiger partial charge in [-0.15, -0.1) is 0 Å². The molecule has 1 fully saturated rings. The number of piperidine rings is 1. The Hall–Kier alpha value is -2.44. The fraction of sp³-hybridized carbons (Fsp3) is 0.385. The second kappa shape index (κ2) is 4.92. The summed E-state index contributed by atoms with van der Waals surface area (Å²) in [6.45, 7) is 3.15. The van der Waals surface area contributed by atoms with Crippen LogP contribution in [-0.2, 0) is 19.2 Å². The highest BCUT2D eigenvalue weighted by molar-refractivity contribution is 6.23. The highest BCUT2D eigenvalue weighted by atomic mass is 16.2. The molecule has 0 spiro atoms. The van der Waals surface area contributed by atoms with Crippen LogP contribution >= 0.6 is 0 Å². The first-order chi connectivity index (χ1) is 9.38. The molecule has 0 saturated carbocycles. The summed E-state index contributed by atoms with van der Waals surface area (Å²) in [7, 11) is 0. The summed E-state index contributed by atoms with van der Waals surface area (Å²) in [6, 6.07) is -0.954. The number of amides is 4. The first-order valence-corrected chi connectivity index (χ1v) is 6.23. The lowest BCUT2D eigenvalue weighted by Gasteiger charge is -2.28. The molecule has 2 rings (SSSR count). The molecule has 4 amide bonds. The molecule has 0 radical (unpaired) electrons. The normalized spacial score (nSPS) is 24.6. The standard InChI is InChI=1S/C13H15N3O4/c1-3-7(14)10-6(2)12(19)16(13(10)20)8-4-5-9(17)15-11(8)18/h3,8H,4-5,14H2,1-2H3,(H,15,17,18)/b7-3+. The van der Waals surface area contributed by atoms with E-state index in [4.69, 9.17) is 5.73 Å². The predicted octanol–water partition coefficient (Wildman–Crippen LogP) is -0.661. The van der Waals surface area contributed by atoms with E-state index in [1.54, 1.807) is 6.92 Å². The van der Waals surface area contributed by atoms with Crippen LogP contribution in [0, 0.1) is 0 Å². The quantitative estimate of drug-likeness (QED) is 0.651. The van der Waals surface area contributed by atoms with Crippen molar-refractivity contribution in [3.05, 3.63) is 22.9 Å². The third kappa shape index (κ3) is 2.01. The van der Waals surface area contributed by atoms with Gasteiger partial charge in [0.2, 0.25) is 11.8 Å². The van der Waals surface area contributed by atoms with Crippen LogP contribution in [-0.4, -0.2) is 34.6 Å². The smallest absolute Gasteiger partial charge is 0.264 e. The molecule has 2 aliphatic rings. The van der Waals surface area contributed by atoms with E-state index in [0.29, 0.717) is 0 Å². The van der Waals surface area contributed by atoms with E-state index in [9.17, 15) is 19.2 Å². The minimum atomic E-state index is -0.954. The summed E-state index contributed by atoms with van der Waals surface area (Å²) in [6.07, 6.45) is 1.76. The van der Waals surface area contributed by atoms with Gasteiger partial charge in [0, 0.05) is 17.7 Å². The maximum Gasteiger partial charge on any atom is 0.264 e. The van der Waals surface area contributed by atoms with Gasteiger partial charge in [-0.05, 0) is 20.3 Å². The van der Waals surface area contributed by atoms with E-state index in [1.807, 2.05) is 0 Å². The largest absolute Gasteiger partial charge is 0.398 e. The van der Waals surface area contributed by atoms with Gasteiger partial charge in [-0.25, -0.2) is 0 Å². The van der Waals surface area contributed by atoms with Crippen LogP contribution in [0.1, 0.15) is 26.7 Å². The van der Waals surface area contributed by atoms with Gasteiger partial charge in [0.25, 0.3) is 11.8 Å². The van der Waals surface area contributed by atoms with E-state index in [2.05, 4.69) is 5.32 Å². The third-order valence-corrected chi connectivity index (χ3v) is 3.47. The van der Waals surface area contributed by atoms with Gasteiger partial charge in [0.1, 0.15) is 6.04 Å². The molecule has 0 aromatic carbocycles. The molecule has 2 aliphatic heterocycles. The van der Waals surface area contributed by atoms with Crippen molar-refractivity contribution in [3.63, 3.8) is 0 Å². The Balaban J connectivity index is 2.33. The second-order valence-electron chi connectivity index (χ2n) is 4.69. The van der Waals surface area contributed by atoms with Crippen molar-refractivity contribution in [2.45, 2.75) is 32.7 Å². The average Bonchev–Trinajstić information content (AvgIpc) is 2.61. The average molecular weight is 277 g/mol. The zero-order valence-corrected chi connectivity index (χ0v) is 11.2. The number of nitrogens with two attached hydrogens (primary N) is 1. The Labute approximate surface area is 115 Å². The van der Waals surface area contributed by atoms with Crippen molar-refractivity contribution in [1.82, 2.24) is 10.2 Å². The van der Waals surface area contributed by atoms with E-state index >= 15 is 0 Å². The molecule has 106 valence electrons. The Bertz CT molecular complexity index is 588. The molecular formula is C13H15N3O4. The van der Waals surface area contributed by atoms with Gasteiger partial charge in [-0.3, -0.25) is 29.4 Å². The lowest BCUT2D eigenvalue weighted by atomic mass is 10.0. The number of hydrogen-bond donors (Lipinski definition) is 2. The minimum absolute atomic E-state index is 0.0982.